The van der Waals surface area contributed by atoms with Crippen molar-refractivity contribution >= 4 is 17.4 Å². The zero-order chi connectivity index (χ0) is 27.3. The van der Waals surface area contributed by atoms with E-state index < -0.39 is 29.9 Å². The van der Waals surface area contributed by atoms with Crippen molar-refractivity contribution in [2.75, 3.05) is 37.5 Å². The van der Waals surface area contributed by atoms with Gasteiger partial charge in [0.1, 0.15) is 23.9 Å². The number of amidine groups is 1. The molecule has 1 fully saturated rings. The van der Waals surface area contributed by atoms with Gasteiger partial charge in [-0.15, -0.1) is 0 Å². The minimum Gasteiger partial charge on any atom is -0.382 e. The molecule has 198 valence electrons. The maximum Gasteiger partial charge on any atom is 0.408 e. The molecule has 0 spiro atoms. The number of nitrogens with two attached hydrogens (primary N) is 1. The second kappa shape index (κ2) is 9.21. The standard InChI is InChI=1S/C24H28F4N8O/c1-23(2)22(37)34(10-9-33(23)4)19-11-14(5-6-16(19)25)18-12-15(20(21(29)30)36(18)31-3)17-7-8-32-35(17)13-24(26,27)28/h5-8,11-12,31H,9-10,13H2,1-4H3,(H3,29,30). The van der Waals surface area contributed by atoms with Crippen molar-refractivity contribution in [3.05, 3.63) is 48.0 Å². The maximum atomic E-state index is 15.0. The lowest BCUT2D eigenvalue weighted by Gasteiger charge is -2.44. The Labute approximate surface area is 210 Å². The van der Waals surface area contributed by atoms with Gasteiger partial charge in [0.05, 0.1) is 22.6 Å². The first kappa shape index (κ1) is 26.2. The minimum absolute atomic E-state index is 0.0839. The topological polar surface area (TPSA) is 108 Å². The van der Waals surface area contributed by atoms with E-state index in [1.54, 1.807) is 27.0 Å². The average molecular weight is 521 g/mol. The molecule has 4 N–H and O–H groups in total. The van der Waals surface area contributed by atoms with Gasteiger partial charge in [0.2, 0.25) is 5.91 Å². The van der Waals surface area contributed by atoms with Crippen LogP contribution in [0.25, 0.3) is 22.5 Å². The van der Waals surface area contributed by atoms with Crippen LogP contribution in [-0.4, -0.2) is 70.0 Å². The lowest BCUT2D eigenvalue weighted by atomic mass is 9.97. The first-order valence-electron chi connectivity index (χ1n) is 11.5. The molecular formula is C24H28F4N8O. The Morgan fingerprint density at radius 3 is 2.51 bits per heavy atom. The van der Waals surface area contributed by atoms with E-state index in [1.807, 2.05) is 11.9 Å². The molecule has 0 radical (unpaired) electrons. The van der Waals surface area contributed by atoms with E-state index >= 15 is 4.39 Å². The molecule has 1 amide bonds. The van der Waals surface area contributed by atoms with Crippen LogP contribution < -0.4 is 16.1 Å². The molecule has 0 saturated carbocycles. The fourth-order valence-corrected chi connectivity index (χ4v) is 4.51. The third-order valence-electron chi connectivity index (χ3n) is 6.72. The number of hydrogen-bond donors (Lipinski definition) is 3. The van der Waals surface area contributed by atoms with E-state index in [4.69, 9.17) is 11.1 Å². The van der Waals surface area contributed by atoms with Crippen molar-refractivity contribution < 1.29 is 22.4 Å². The Bertz CT molecular complexity index is 1360. The van der Waals surface area contributed by atoms with Gasteiger partial charge < -0.3 is 16.1 Å². The highest BCUT2D eigenvalue weighted by atomic mass is 19.4. The summed E-state index contributed by atoms with van der Waals surface area (Å²) < 4.78 is 56.7. The number of aromatic nitrogens is 3. The monoisotopic (exact) mass is 520 g/mol. The van der Waals surface area contributed by atoms with Gasteiger partial charge in [0, 0.05) is 37.5 Å². The lowest BCUT2D eigenvalue weighted by molar-refractivity contribution is -0.142. The van der Waals surface area contributed by atoms with Gasteiger partial charge in [-0.3, -0.25) is 24.5 Å². The normalized spacial score (nSPS) is 16.3. The Balaban J connectivity index is 1.86. The fourth-order valence-electron chi connectivity index (χ4n) is 4.51. The molecule has 0 bridgehead atoms. The molecule has 1 aromatic carbocycles. The highest BCUT2D eigenvalue weighted by molar-refractivity contribution is 6.03. The number of anilines is 1. The molecule has 37 heavy (non-hydrogen) atoms. The zero-order valence-electron chi connectivity index (χ0n) is 20.8. The van der Waals surface area contributed by atoms with Crippen LogP contribution in [0.4, 0.5) is 23.2 Å². The number of nitrogen functional groups attached to an aromatic ring is 1. The first-order valence-corrected chi connectivity index (χ1v) is 11.5. The van der Waals surface area contributed by atoms with Crippen LogP contribution in [0.15, 0.2) is 36.5 Å². The van der Waals surface area contributed by atoms with Crippen molar-refractivity contribution in [3.8, 4) is 22.5 Å². The van der Waals surface area contributed by atoms with E-state index in [0.29, 0.717) is 17.8 Å². The van der Waals surface area contributed by atoms with Crippen molar-refractivity contribution in [2.24, 2.45) is 5.73 Å². The van der Waals surface area contributed by atoms with Crippen LogP contribution in [-0.2, 0) is 11.3 Å². The van der Waals surface area contributed by atoms with Crippen molar-refractivity contribution in [1.29, 1.82) is 5.41 Å². The molecule has 3 heterocycles. The quantitative estimate of drug-likeness (QED) is 0.263. The molecule has 1 saturated heterocycles. The van der Waals surface area contributed by atoms with Gasteiger partial charge in [0.25, 0.3) is 0 Å². The summed E-state index contributed by atoms with van der Waals surface area (Å²) in [5, 5.41) is 11.9. The van der Waals surface area contributed by atoms with Crippen LogP contribution in [0.3, 0.4) is 0 Å². The maximum absolute atomic E-state index is 15.0. The number of carbonyl (C=O) groups is 1. The van der Waals surface area contributed by atoms with E-state index in [-0.39, 0.29) is 35.1 Å². The molecule has 0 aliphatic carbocycles. The van der Waals surface area contributed by atoms with Crippen LogP contribution in [0, 0.1) is 11.2 Å². The number of likely N-dealkylation sites (N-methyl/N-ethyl adjacent to an activating group) is 1. The molecule has 1 aliphatic rings. The summed E-state index contributed by atoms with van der Waals surface area (Å²) in [6.45, 7) is 3.04. The number of alkyl halides is 3. The van der Waals surface area contributed by atoms with E-state index in [1.165, 1.54) is 40.0 Å². The highest BCUT2D eigenvalue weighted by Gasteiger charge is 2.41. The summed E-state index contributed by atoms with van der Waals surface area (Å²) in [7, 11) is 3.39. The molecule has 2 aromatic heterocycles. The number of amides is 1. The minimum atomic E-state index is -4.51. The predicted octanol–water partition coefficient (Wildman–Crippen LogP) is 3.23. The summed E-state index contributed by atoms with van der Waals surface area (Å²) in [6, 6.07) is 7.20. The SMILES string of the molecule is CNn1c(-c2ccc(F)c(N3CCN(C)C(C)(C)C3=O)c2)cc(-c2ccnn2CC(F)(F)F)c1C(=N)N. The first-order chi connectivity index (χ1) is 17.3. The van der Waals surface area contributed by atoms with Crippen molar-refractivity contribution in [3.63, 3.8) is 0 Å². The molecule has 0 atom stereocenters. The van der Waals surface area contributed by atoms with E-state index in [2.05, 4.69) is 10.5 Å². The van der Waals surface area contributed by atoms with Gasteiger partial charge >= 0.3 is 6.18 Å². The average Bonchev–Trinajstić information content (AvgIpc) is 3.41. The fraction of sp³-hybridized carbons (Fsp3) is 0.375. The van der Waals surface area contributed by atoms with Gasteiger partial charge in [-0.1, -0.05) is 0 Å². The van der Waals surface area contributed by atoms with Crippen LogP contribution in [0.5, 0.6) is 0 Å². The molecule has 1 aliphatic heterocycles. The lowest BCUT2D eigenvalue weighted by Crippen LogP contribution is -2.62. The Morgan fingerprint density at radius 1 is 1.19 bits per heavy atom. The van der Waals surface area contributed by atoms with Gasteiger partial charge in [-0.25, -0.2) is 4.39 Å². The number of nitrogens with one attached hydrogen (secondary N) is 2. The van der Waals surface area contributed by atoms with E-state index in [0.717, 1.165) is 4.68 Å². The third-order valence-corrected chi connectivity index (χ3v) is 6.72. The van der Waals surface area contributed by atoms with Gasteiger partial charge in [-0.2, -0.15) is 18.3 Å². The van der Waals surface area contributed by atoms with Crippen LogP contribution in [0.1, 0.15) is 19.5 Å². The highest BCUT2D eigenvalue weighted by Crippen LogP contribution is 2.36. The molecule has 13 heteroatoms. The van der Waals surface area contributed by atoms with Crippen LogP contribution in [0.2, 0.25) is 0 Å². The summed E-state index contributed by atoms with van der Waals surface area (Å²) in [6.07, 6.45) is -3.28. The van der Waals surface area contributed by atoms with Gasteiger partial charge in [0.15, 0.2) is 0 Å². The number of hydrogen-bond acceptors (Lipinski definition) is 5. The Kier molecular flexibility index (Phi) is 6.52. The number of halogens is 4. The molecule has 0 unspecified atom stereocenters. The number of carbonyl (C=O) groups excluding carboxylic acids is 1. The molecule has 3 aromatic rings. The predicted molar refractivity (Wildman–Crippen MR) is 132 cm³/mol. The number of benzene rings is 1. The smallest absolute Gasteiger partial charge is 0.382 e. The van der Waals surface area contributed by atoms with Crippen molar-refractivity contribution in [1.82, 2.24) is 19.4 Å². The largest absolute Gasteiger partial charge is 0.408 e. The van der Waals surface area contributed by atoms with Gasteiger partial charge in [-0.05, 0) is 51.2 Å². The summed E-state index contributed by atoms with van der Waals surface area (Å²) in [5.41, 5.74) is 9.33. The summed E-state index contributed by atoms with van der Waals surface area (Å²) in [5.74, 6) is -1.24. The van der Waals surface area contributed by atoms with Crippen molar-refractivity contribution in [2.45, 2.75) is 32.1 Å². The Morgan fingerprint density at radius 2 is 1.89 bits per heavy atom. The number of piperazine rings is 1. The second-order valence-corrected chi connectivity index (χ2v) is 9.36. The molecule has 4 rings (SSSR count). The Hall–Kier alpha value is -3.87. The third kappa shape index (κ3) is 4.66. The summed E-state index contributed by atoms with van der Waals surface area (Å²) in [4.78, 5) is 16.5. The second-order valence-electron chi connectivity index (χ2n) is 9.36. The zero-order valence-corrected chi connectivity index (χ0v) is 20.8. The molecule has 9 nitrogen and oxygen atoms in total. The number of rotatable bonds is 6. The molecular weight excluding hydrogens is 492 g/mol. The summed E-state index contributed by atoms with van der Waals surface area (Å²) >= 11 is 0. The number of nitrogens with zero attached hydrogens (tertiary/aromatic N) is 5. The van der Waals surface area contributed by atoms with Crippen LogP contribution >= 0.6 is 0 Å². The van der Waals surface area contributed by atoms with E-state index in [9.17, 15) is 18.0 Å².